The van der Waals surface area contributed by atoms with Gasteiger partial charge in [0.15, 0.2) is 6.61 Å². The molecule has 0 fully saturated rings. The van der Waals surface area contributed by atoms with Gasteiger partial charge in [-0.25, -0.2) is 4.68 Å². The van der Waals surface area contributed by atoms with Crippen molar-refractivity contribution in [1.82, 2.24) is 9.78 Å². The molecule has 0 saturated carbocycles. The number of aryl methyl sites for hydroxylation is 1. The Labute approximate surface area is 162 Å². The number of hydrogen-bond donors (Lipinski definition) is 1. The number of rotatable bonds is 7. The number of carbonyl (C=O) groups excluding carboxylic acids is 2. The summed E-state index contributed by atoms with van der Waals surface area (Å²) in [6, 6.07) is 18.3. The van der Waals surface area contributed by atoms with E-state index >= 15 is 0 Å². The molecular weight excluding hydrogens is 358 g/mol. The van der Waals surface area contributed by atoms with Gasteiger partial charge in [-0.3, -0.25) is 9.59 Å². The molecule has 0 bridgehead atoms. The van der Waals surface area contributed by atoms with Gasteiger partial charge in [0.05, 0.1) is 24.9 Å². The summed E-state index contributed by atoms with van der Waals surface area (Å²) in [5.74, 6) is 0.248. The average Bonchev–Trinajstić information content (AvgIpc) is 3.07. The summed E-state index contributed by atoms with van der Waals surface area (Å²) < 4.78 is 11.8. The summed E-state index contributed by atoms with van der Waals surface area (Å²) in [4.78, 5) is 24.2. The average molecular weight is 379 g/mol. The number of ether oxygens (including phenoxy) is 2. The maximum atomic E-state index is 12.2. The Bertz CT molecular complexity index is 967. The van der Waals surface area contributed by atoms with E-state index in [0.29, 0.717) is 11.6 Å². The van der Waals surface area contributed by atoms with Crippen LogP contribution in [0.3, 0.4) is 0 Å². The van der Waals surface area contributed by atoms with Crippen molar-refractivity contribution in [2.45, 2.75) is 13.3 Å². The summed E-state index contributed by atoms with van der Waals surface area (Å²) >= 11 is 0. The van der Waals surface area contributed by atoms with Crippen LogP contribution < -0.4 is 10.1 Å². The van der Waals surface area contributed by atoms with Gasteiger partial charge in [-0.1, -0.05) is 30.3 Å². The highest BCUT2D eigenvalue weighted by atomic mass is 16.5. The first-order valence-corrected chi connectivity index (χ1v) is 8.75. The van der Waals surface area contributed by atoms with Crippen molar-refractivity contribution in [3.05, 3.63) is 71.9 Å². The zero-order chi connectivity index (χ0) is 19.9. The molecule has 28 heavy (non-hydrogen) atoms. The van der Waals surface area contributed by atoms with Gasteiger partial charge in [0.1, 0.15) is 11.6 Å². The Morgan fingerprint density at radius 2 is 1.86 bits per heavy atom. The van der Waals surface area contributed by atoms with E-state index in [2.05, 4.69) is 10.4 Å². The zero-order valence-electron chi connectivity index (χ0n) is 15.7. The standard InChI is InChI=1S/C21H21N3O4/c1-15-11-19(24(23-15)17-8-4-3-5-9-17)22-20(25)14-28-21(26)13-16-7-6-10-18(12-16)27-2/h3-12H,13-14H2,1-2H3,(H,22,25). The van der Waals surface area contributed by atoms with E-state index in [1.165, 1.54) is 0 Å². The maximum Gasteiger partial charge on any atom is 0.310 e. The first kappa shape index (κ1) is 19.2. The number of hydrogen-bond acceptors (Lipinski definition) is 5. The minimum atomic E-state index is -0.490. The molecule has 0 atom stereocenters. The van der Waals surface area contributed by atoms with Crippen LogP contribution in [0.4, 0.5) is 5.82 Å². The number of benzene rings is 2. The van der Waals surface area contributed by atoms with Gasteiger partial charge in [-0.05, 0) is 36.8 Å². The number of methoxy groups -OCH3 is 1. The van der Waals surface area contributed by atoms with Crippen LogP contribution in [-0.4, -0.2) is 35.4 Å². The molecule has 2 aromatic carbocycles. The Kier molecular flexibility index (Phi) is 6.06. The smallest absolute Gasteiger partial charge is 0.310 e. The third-order valence-electron chi connectivity index (χ3n) is 3.95. The minimum absolute atomic E-state index is 0.0610. The van der Waals surface area contributed by atoms with E-state index in [0.717, 1.165) is 16.9 Å². The maximum absolute atomic E-state index is 12.2. The Morgan fingerprint density at radius 3 is 2.61 bits per heavy atom. The van der Waals surface area contributed by atoms with Gasteiger partial charge >= 0.3 is 5.97 Å². The van der Waals surface area contributed by atoms with Crippen molar-refractivity contribution >= 4 is 17.7 Å². The molecule has 0 spiro atoms. The molecule has 0 aliphatic heterocycles. The van der Waals surface area contributed by atoms with Crippen molar-refractivity contribution in [3.63, 3.8) is 0 Å². The van der Waals surface area contributed by atoms with Gasteiger partial charge in [0, 0.05) is 6.07 Å². The second kappa shape index (κ2) is 8.85. The van der Waals surface area contributed by atoms with E-state index in [1.54, 1.807) is 42.1 Å². The third-order valence-corrected chi connectivity index (χ3v) is 3.95. The zero-order valence-corrected chi connectivity index (χ0v) is 15.7. The van der Waals surface area contributed by atoms with Crippen LogP contribution in [-0.2, 0) is 20.7 Å². The van der Waals surface area contributed by atoms with E-state index in [-0.39, 0.29) is 13.0 Å². The number of anilines is 1. The first-order chi connectivity index (χ1) is 13.5. The van der Waals surface area contributed by atoms with Crippen molar-refractivity contribution < 1.29 is 19.1 Å². The molecule has 0 radical (unpaired) electrons. The molecule has 1 heterocycles. The molecule has 0 unspecified atom stereocenters. The number of amides is 1. The van der Waals surface area contributed by atoms with Gasteiger partial charge in [-0.15, -0.1) is 0 Å². The molecule has 3 rings (SSSR count). The third kappa shape index (κ3) is 4.97. The van der Waals surface area contributed by atoms with E-state index < -0.39 is 11.9 Å². The van der Waals surface area contributed by atoms with E-state index in [1.807, 2.05) is 37.3 Å². The molecule has 1 N–H and O–H groups in total. The molecule has 1 aromatic heterocycles. The second-order valence-corrected chi connectivity index (χ2v) is 6.16. The quantitative estimate of drug-likeness (QED) is 0.638. The van der Waals surface area contributed by atoms with Crippen LogP contribution in [0.2, 0.25) is 0 Å². The Balaban J connectivity index is 1.57. The predicted octanol–water partition coefficient (Wildman–Crippen LogP) is 2.91. The SMILES string of the molecule is COc1cccc(CC(=O)OCC(=O)Nc2cc(C)nn2-c2ccccc2)c1. The Morgan fingerprint density at radius 1 is 1.07 bits per heavy atom. The second-order valence-electron chi connectivity index (χ2n) is 6.16. The summed E-state index contributed by atoms with van der Waals surface area (Å²) in [6.45, 7) is 1.46. The lowest BCUT2D eigenvalue weighted by Gasteiger charge is -2.09. The van der Waals surface area contributed by atoms with Crippen LogP contribution in [0, 0.1) is 6.92 Å². The molecule has 3 aromatic rings. The monoisotopic (exact) mass is 379 g/mol. The van der Waals surface area contributed by atoms with Crippen LogP contribution in [0.15, 0.2) is 60.7 Å². The molecule has 0 aliphatic rings. The summed E-state index contributed by atoms with van der Waals surface area (Å²) in [5.41, 5.74) is 2.33. The van der Waals surface area contributed by atoms with E-state index in [9.17, 15) is 9.59 Å². The first-order valence-electron chi connectivity index (χ1n) is 8.75. The van der Waals surface area contributed by atoms with Crippen LogP contribution in [0.5, 0.6) is 5.75 Å². The number of carbonyl (C=O) groups is 2. The lowest BCUT2D eigenvalue weighted by atomic mass is 10.1. The van der Waals surface area contributed by atoms with Crippen LogP contribution in [0.25, 0.3) is 5.69 Å². The fourth-order valence-corrected chi connectivity index (χ4v) is 2.68. The van der Waals surface area contributed by atoms with Crippen molar-refractivity contribution in [2.24, 2.45) is 0 Å². The summed E-state index contributed by atoms with van der Waals surface area (Å²) in [5, 5.41) is 7.12. The van der Waals surface area contributed by atoms with Crippen molar-refractivity contribution in [2.75, 3.05) is 19.0 Å². The largest absolute Gasteiger partial charge is 0.497 e. The molecule has 144 valence electrons. The number of para-hydroxylation sites is 1. The van der Waals surface area contributed by atoms with Gasteiger partial charge < -0.3 is 14.8 Å². The minimum Gasteiger partial charge on any atom is -0.497 e. The fourth-order valence-electron chi connectivity index (χ4n) is 2.68. The summed E-state index contributed by atoms with van der Waals surface area (Å²) in [6.07, 6.45) is 0.0610. The van der Waals surface area contributed by atoms with Crippen LogP contribution in [0.1, 0.15) is 11.3 Å². The van der Waals surface area contributed by atoms with Crippen molar-refractivity contribution in [3.8, 4) is 11.4 Å². The van der Waals surface area contributed by atoms with Gasteiger partial charge in [0.25, 0.3) is 5.91 Å². The molecule has 0 saturated heterocycles. The van der Waals surface area contributed by atoms with Crippen LogP contribution >= 0.6 is 0 Å². The highest BCUT2D eigenvalue weighted by molar-refractivity contribution is 5.92. The number of nitrogens with zero attached hydrogens (tertiary/aromatic N) is 2. The molecular formula is C21H21N3O4. The molecule has 7 nitrogen and oxygen atoms in total. The lowest BCUT2D eigenvalue weighted by molar-refractivity contribution is -0.146. The molecule has 1 amide bonds. The molecule has 7 heteroatoms. The highest BCUT2D eigenvalue weighted by Crippen LogP contribution is 2.17. The van der Waals surface area contributed by atoms with Gasteiger partial charge in [-0.2, -0.15) is 5.10 Å². The molecule has 0 aliphatic carbocycles. The summed E-state index contributed by atoms with van der Waals surface area (Å²) in [7, 11) is 1.56. The number of aromatic nitrogens is 2. The van der Waals surface area contributed by atoms with Gasteiger partial charge in [0.2, 0.25) is 0 Å². The number of nitrogens with one attached hydrogen (secondary N) is 1. The normalized spacial score (nSPS) is 10.4. The fraction of sp³-hybridized carbons (Fsp3) is 0.190. The topological polar surface area (TPSA) is 82.4 Å². The van der Waals surface area contributed by atoms with E-state index in [4.69, 9.17) is 9.47 Å². The number of esters is 1. The highest BCUT2D eigenvalue weighted by Gasteiger charge is 2.13. The van der Waals surface area contributed by atoms with Crippen molar-refractivity contribution in [1.29, 1.82) is 0 Å². The lowest BCUT2D eigenvalue weighted by Crippen LogP contribution is -2.23. The Hall–Kier alpha value is -3.61. The predicted molar refractivity (Wildman–Crippen MR) is 105 cm³/mol.